The van der Waals surface area contributed by atoms with Gasteiger partial charge < -0.3 is 0 Å². The molecule has 0 atom stereocenters. The topological polar surface area (TPSA) is 72.2 Å². The summed E-state index contributed by atoms with van der Waals surface area (Å²) in [7, 11) is -2.50. The quantitative estimate of drug-likeness (QED) is 0.650. The van der Waals surface area contributed by atoms with Gasteiger partial charge in [-0.05, 0) is 0 Å². The van der Waals surface area contributed by atoms with E-state index in [9.17, 15) is 8.42 Å². The average Bonchev–Trinajstić information content (AvgIpc) is 2.11. The molecule has 0 radical (unpaired) electrons. The molecule has 1 aromatic heterocycles. The van der Waals surface area contributed by atoms with Gasteiger partial charge in [-0.2, -0.15) is 13.5 Å². The highest BCUT2D eigenvalue weighted by Gasteiger charge is 2.10. The Morgan fingerprint density at radius 1 is 1.64 bits per heavy atom. The fourth-order valence-corrected chi connectivity index (χ4v) is 0.998. The molecular formula is C4H7ClN2O3S. The van der Waals surface area contributed by atoms with E-state index < -0.39 is 10.1 Å². The third-order valence-electron chi connectivity index (χ3n) is 0.979. The van der Waals surface area contributed by atoms with Crippen molar-refractivity contribution in [2.24, 2.45) is 7.05 Å². The van der Waals surface area contributed by atoms with Crippen LogP contribution in [-0.2, 0) is 17.2 Å². The minimum absolute atomic E-state index is 0. The Labute approximate surface area is 70.2 Å². The minimum Gasteiger partial charge on any atom is -0.282 e. The highest BCUT2D eigenvalue weighted by atomic mass is 35.5. The monoisotopic (exact) mass is 198 g/mol. The molecule has 1 aromatic rings. The highest BCUT2D eigenvalue weighted by Crippen LogP contribution is 2.03. The van der Waals surface area contributed by atoms with Gasteiger partial charge in [-0.25, -0.2) is 0 Å². The summed E-state index contributed by atoms with van der Waals surface area (Å²) in [4.78, 5) is -0.185. The second-order valence-corrected chi connectivity index (χ2v) is 3.25. The molecule has 0 saturated heterocycles. The van der Waals surface area contributed by atoms with Gasteiger partial charge in [0.05, 0.1) is 6.20 Å². The van der Waals surface area contributed by atoms with Gasteiger partial charge in [0.1, 0.15) is 4.90 Å². The van der Waals surface area contributed by atoms with Crippen molar-refractivity contribution < 1.29 is 13.0 Å². The van der Waals surface area contributed by atoms with Crippen LogP contribution < -0.4 is 0 Å². The first-order valence-electron chi connectivity index (χ1n) is 2.46. The Hall–Kier alpha value is -0.590. The van der Waals surface area contributed by atoms with Crippen molar-refractivity contribution in [2.75, 3.05) is 0 Å². The van der Waals surface area contributed by atoms with Crippen LogP contribution in [0.5, 0.6) is 0 Å². The summed E-state index contributed by atoms with van der Waals surface area (Å²) in [6.45, 7) is 0. The van der Waals surface area contributed by atoms with Crippen molar-refractivity contribution in [1.82, 2.24) is 9.78 Å². The maximum atomic E-state index is 10.3. The largest absolute Gasteiger partial charge is 0.297 e. The predicted octanol–water partition coefficient (Wildman–Crippen LogP) is 0.0886. The lowest BCUT2D eigenvalue weighted by Crippen LogP contribution is -1.95. The molecule has 0 fully saturated rings. The number of aromatic nitrogens is 2. The first kappa shape index (κ1) is 10.4. The zero-order valence-corrected chi connectivity index (χ0v) is 7.26. The van der Waals surface area contributed by atoms with Crippen LogP contribution in [0.3, 0.4) is 0 Å². The summed E-state index contributed by atoms with van der Waals surface area (Å²) in [5, 5.41) is 3.56. The van der Waals surface area contributed by atoms with E-state index in [1.807, 2.05) is 0 Å². The van der Waals surface area contributed by atoms with Crippen molar-refractivity contribution in [3.8, 4) is 0 Å². The van der Waals surface area contributed by atoms with Crippen LogP contribution in [0.15, 0.2) is 17.3 Å². The number of nitrogens with zero attached hydrogens (tertiary/aromatic N) is 2. The standard InChI is InChI=1S/C4H6N2O3S.ClH/c1-6-3-4(2-5-6)10(7,8)9;/h2-3H,1H3,(H,7,8,9);1H. The molecule has 0 aliphatic heterocycles. The van der Waals surface area contributed by atoms with Crippen molar-refractivity contribution in [3.63, 3.8) is 0 Å². The third-order valence-corrected chi connectivity index (χ3v) is 1.79. The summed E-state index contributed by atoms with van der Waals surface area (Å²) in [5.41, 5.74) is 0. The molecule has 0 amide bonds. The van der Waals surface area contributed by atoms with E-state index in [-0.39, 0.29) is 17.3 Å². The fraction of sp³-hybridized carbons (Fsp3) is 0.250. The van der Waals surface area contributed by atoms with Crippen LogP contribution in [0.1, 0.15) is 0 Å². The van der Waals surface area contributed by atoms with Crippen LogP contribution >= 0.6 is 12.4 Å². The van der Waals surface area contributed by atoms with Gasteiger partial charge in [0.25, 0.3) is 10.1 Å². The van der Waals surface area contributed by atoms with E-state index in [2.05, 4.69) is 5.10 Å². The SMILES string of the molecule is Cl.Cn1cc(S(=O)(=O)O)cn1. The molecule has 1 rings (SSSR count). The van der Waals surface area contributed by atoms with Crippen LogP contribution in [0, 0.1) is 0 Å². The lowest BCUT2D eigenvalue weighted by molar-refractivity contribution is 0.483. The number of aryl methyl sites for hydroxylation is 1. The molecule has 0 aliphatic rings. The number of rotatable bonds is 1. The highest BCUT2D eigenvalue weighted by molar-refractivity contribution is 7.85. The second kappa shape index (κ2) is 3.21. The van der Waals surface area contributed by atoms with Crippen LogP contribution in [-0.4, -0.2) is 22.8 Å². The number of halogens is 1. The van der Waals surface area contributed by atoms with E-state index >= 15 is 0 Å². The lowest BCUT2D eigenvalue weighted by atomic mass is 10.7. The number of hydrogen-bond donors (Lipinski definition) is 1. The Morgan fingerprint density at radius 3 is 2.36 bits per heavy atom. The fourth-order valence-electron chi connectivity index (χ4n) is 0.532. The average molecular weight is 199 g/mol. The molecule has 0 aromatic carbocycles. The molecule has 0 aliphatic carbocycles. The minimum atomic E-state index is -4.07. The first-order chi connectivity index (χ1) is 4.50. The van der Waals surface area contributed by atoms with Gasteiger partial charge in [-0.1, -0.05) is 0 Å². The Bertz CT molecular complexity index is 331. The van der Waals surface area contributed by atoms with Crippen LogP contribution in [0.2, 0.25) is 0 Å². The van der Waals surface area contributed by atoms with Gasteiger partial charge in [0, 0.05) is 13.2 Å². The number of hydrogen-bond acceptors (Lipinski definition) is 3. The molecule has 5 nitrogen and oxygen atoms in total. The smallest absolute Gasteiger partial charge is 0.282 e. The molecule has 0 saturated carbocycles. The van der Waals surface area contributed by atoms with E-state index in [0.29, 0.717) is 0 Å². The maximum absolute atomic E-state index is 10.3. The molecule has 7 heteroatoms. The second-order valence-electron chi connectivity index (χ2n) is 1.82. The zero-order chi connectivity index (χ0) is 7.78. The van der Waals surface area contributed by atoms with Gasteiger partial charge >= 0.3 is 0 Å². The Balaban J connectivity index is 0.000001000. The molecule has 11 heavy (non-hydrogen) atoms. The van der Waals surface area contributed by atoms with E-state index in [0.717, 1.165) is 6.20 Å². The van der Waals surface area contributed by atoms with Gasteiger partial charge in [0.15, 0.2) is 0 Å². The van der Waals surface area contributed by atoms with Crippen molar-refractivity contribution in [1.29, 1.82) is 0 Å². The zero-order valence-electron chi connectivity index (χ0n) is 5.63. The van der Waals surface area contributed by atoms with Crippen molar-refractivity contribution >= 4 is 22.5 Å². The maximum Gasteiger partial charge on any atom is 0.297 e. The van der Waals surface area contributed by atoms with Crippen molar-refractivity contribution in [3.05, 3.63) is 12.4 Å². The van der Waals surface area contributed by atoms with E-state index in [4.69, 9.17) is 4.55 Å². The summed E-state index contributed by atoms with van der Waals surface area (Å²) >= 11 is 0. The molecule has 64 valence electrons. The van der Waals surface area contributed by atoms with Crippen molar-refractivity contribution in [2.45, 2.75) is 4.90 Å². The molecule has 1 heterocycles. The summed E-state index contributed by atoms with van der Waals surface area (Å²) in [6.07, 6.45) is 2.30. The lowest BCUT2D eigenvalue weighted by Gasteiger charge is -1.85. The third kappa shape index (κ3) is 2.49. The van der Waals surface area contributed by atoms with Crippen LogP contribution in [0.4, 0.5) is 0 Å². The Kier molecular flexibility index (Phi) is 3.03. The summed E-state index contributed by atoms with van der Waals surface area (Å²) in [6, 6.07) is 0. The Morgan fingerprint density at radius 2 is 2.18 bits per heavy atom. The van der Waals surface area contributed by atoms with Crippen LogP contribution in [0.25, 0.3) is 0 Å². The summed E-state index contributed by atoms with van der Waals surface area (Å²) in [5.74, 6) is 0. The van der Waals surface area contributed by atoms with Gasteiger partial charge in [-0.3, -0.25) is 9.23 Å². The first-order valence-corrected chi connectivity index (χ1v) is 3.90. The summed E-state index contributed by atoms with van der Waals surface area (Å²) < 4.78 is 30.4. The predicted molar refractivity (Wildman–Crippen MR) is 40.3 cm³/mol. The van der Waals surface area contributed by atoms with Gasteiger partial charge in [0.2, 0.25) is 0 Å². The molecule has 0 spiro atoms. The normalized spacial score (nSPS) is 10.7. The van der Waals surface area contributed by atoms with E-state index in [1.165, 1.54) is 10.9 Å². The molecule has 0 bridgehead atoms. The van der Waals surface area contributed by atoms with E-state index in [1.54, 1.807) is 7.05 Å². The molecular weight excluding hydrogens is 192 g/mol. The van der Waals surface area contributed by atoms with Gasteiger partial charge in [-0.15, -0.1) is 12.4 Å². The molecule has 1 N–H and O–H groups in total. The molecule has 0 unspecified atom stereocenters.